The van der Waals surface area contributed by atoms with Crippen molar-refractivity contribution in [2.24, 2.45) is 0 Å². The molecule has 1 aromatic rings. The number of hydrogen-bond acceptors (Lipinski definition) is 3. The fourth-order valence-corrected chi connectivity index (χ4v) is 0.642. The molecule has 0 fully saturated rings. The van der Waals surface area contributed by atoms with Gasteiger partial charge in [0.1, 0.15) is 0 Å². The van der Waals surface area contributed by atoms with E-state index in [0.29, 0.717) is 0 Å². The zero-order chi connectivity index (χ0) is 10.3. The smallest absolute Gasteiger partial charge is 0.482 e. The Kier molecular flexibility index (Phi) is 5.83. The first-order chi connectivity index (χ1) is 6.17. The second-order valence-corrected chi connectivity index (χ2v) is 1.87. The van der Waals surface area contributed by atoms with E-state index in [1.807, 2.05) is 0 Å². The van der Waals surface area contributed by atoms with Gasteiger partial charge in [-0.25, -0.2) is 4.39 Å². The standard InChI is InChI=1S/C7H6F2O.BH2O2/c1-10-6-4-2-3-5(8)7(6)9;2-1-3/h2-4H,1H3;2-3H. The minimum absolute atomic E-state index is 0. The number of benzene rings is 1. The predicted octanol–water partition coefficient (Wildman–Crippen LogP) is 0.479. The molecule has 0 saturated heterocycles. The molecule has 0 bridgehead atoms. The zero-order valence-electron chi connectivity index (χ0n) is 6.87. The van der Waals surface area contributed by atoms with E-state index >= 15 is 0 Å². The van der Waals surface area contributed by atoms with Crippen LogP contribution in [0.15, 0.2) is 18.2 Å². The largest absolute Gasteiger partial charge is 0.494 e. The zero-order valence-corrected chi connectivity index (χ0v) is 6.87. The lowest BCUT2D eigenvalue weighted by atomic mass is 10.3. The Morgan fingerprint density at radius 2 is 1.85 bits per heavy atom. The first-order valence-corrected chi connectivity index (χ1v) is 3.25. The van der Waals surface area contributed by atoms with E-state index in [9.17, 15) is 8.78 Å². The molecular formula is C7H8BF2O3. The van der Waals surface area contributed by atoms with E-state index in [1.54, 1.807) is 0 Å². The van der Waals surface area contributed by atoms with Crippen molar-refractivity contribution in [1.82, 2.24) is 0 Å². The van der Waals surface area contributed by atoms with Crippen LogP contribution >= 0.6 is 0 Å². The molecule has 1 radical (unpaired) electrons. The predicted molar refractivity (Wildman–Crippen MR) is 43.1 cm³/mol. The van der Waals surface area contributed by atoms with Gasteiger partial charge in [-0.05, 0) is 12.1 Å². The molecule has 0 heterocycles. The molecule has 0 unspecified atom stereocenters. The van der Waals surface area contributed by atoms with Gasteiger partial charge in [0.15, 0.2) is 11.6 Å². The highest BCUT2D eigenvalue weighted by Crippen LogP contribution is 2.17. The van der Waals surface area contributed by atoms with Crippen LogP contribution in [0.4, 0.5) is 8.78 Å². The number of ether oxygens (including phenoxy) is 1. The summed E-state index contributed by atoms with van der Waals surface area (Å²) >= 11 is 0. The van der Waals surface area contributed by atoms with Gasteiger partial charge in [-0.15, -0.1) is 0 Å². The Hall–Kier alpha value is -1.14. The molecule has 2 N–H and O–H groups in total. The minimum atomic E-state index is -0.940. The van der Waals surface area contributed by atoms with Gasteiger partial charge >= 0.3 is 7.69 Å². The van der Waals surface area contributed by atoms with Gasteiger partial charge in [0.05, 0.1) is 7.11 Å². The lowest BCUT2D eigenvalue weighted by Gasteiger charge is -1.99. The van der Waals surface area contributed by atoms with Crippen LogP contribution in [-0.4, -0.2) is 24.8 Å². The third kappa shape index (κ3) is 3.86. The maximum Gasteiger partial charge on any atom is 0.482 e. The molecule has 13 heavy (non-hydrogen) atoms. The van der Waals surface area contributed by atoms with Gasteiger partial charge < -0.3 is 14.8 Å². The van der Waals surface area contributed by atoms with Gasteiger partial charge in [-0.1, -0.05) is 6.07 Å². The van der Waals surface area contributed by atoms with Gasteiger partial charge in [0.2, 0.25) is 5.82 Å². The summed E-state index contributed by atoms with van der Waals surface area (Å²) in [7, 11) is 1.29. The van der Waals surface area contributed by atoms with Crippen molar-refractivity contribution in [1.29, 1.82) is 0 Å². The summed E-state index contributed by atoms with van der Waals surface area (Å²) in [5.74, 6) is -1.90. The quantitative estimate of drug-likeness (QED) is 0.631. The maximum absolute atomic E-state index is 12.5. The number of hydrogen-bond donors (Lipinski definition) is 2. The number of methoxy groups -OCH3 is 1. The first-order valence-electron chi connectivity index (χ1n) is 3.25. The first kappa shape index (κ1) is 11.9. The SMILES string of the molecule is COc1cccc(F)c1F.O[B]O. The van der Waals surface area contributed by atoms with Gasteiger partial charge in [0.25, 0.3) is 0 Å². The highest BCUT2D eigenvalue weighted by Gasteiger charge is 2.05. The number of halogens is 2. The third-order valence-electron chi connectivity index (χ3n) is 1.14. The molecule has 1 aromatic carbocycles. The molecule has 0 aliphatic rings. The normalized spacial score (nSPS) is 8.38. The molecule has 0 atom stereocenters. The molecule has 0 saturated carbocycles. The fourth-order valence-electron chi connectivity index (χ4n) is 0.642. The molecule has 6 heteroatoms. The van der Waals surface area contributed by atoms with Crippen molar-refractivity contribution in [2.45, 2.75) is 0 Å². The van der Waals surface area contributed by atoms with Gasteiger partial charge in [-0.2, -0.15) is 4.39 Å². The average molecular weight is 189 g/mol. The molecule has 71 valence electrons. The monoisotopic (exact) mass is 189 g/mol. The summed E-state index contributed by atoms with van der Waals surface area (Å²) in [4.78, 5) is 0. The van der Waals surface area contributed by atoms with E-state index in [-0.39, 0.29) is 13.4 Å². The van der Waals surface area contributed by atoms with Crippen LogP contribution < -0.4 is 4.74 Å². The fraction of sp³-hybridized carbons (Fsp3) is 0.143. The van der Waals surface area contributed by atoms with Crippen LogP contribution in [0.3, 0.4) is 0 Å². The molecule has 3 nitrogen and oxygen atoms in total. The molecular weight excluding hydrogens is 181 g/mol. The Labute approximate surface area is 74.9 Å². The highest BCUT2D eigenvalue weighted by molar-refractivity contribution is 6.13. The lowest BCUT2D eigenvalue weighted by Crippen LogP contribution is -1.90. The van der Waals surface area contributed by atoms with E-state index in [4.69, 9.17) is 10.0 Å². The second kappa shape index (κ2) is 6.39. The molecule has 0 aromatic heterocycles. The molecule has 0 amide bonds. The third-order valence-corrected chi connectivity index (χ3v) is 1.14. The van der Waals surface area contributed by atoms with Gasteiger partial charge in [0, 0.05) is 0 Å². The van der Waals surface area contributed by atoms with Crippen LogP contribution in [0.2, 0.25) is 0 Å². The van der Waals surface area contributed by atoms with Crippen molar-refractivity contribution < 1.29 is 23.6 Å². The summed E-state index contributed by atoms with van der Waals surface area (Å²) in [6.45, 7) is 0. The van der Waals surface area contributed by atoms with Crippen LogP contribution in [-0.2, 0) is 0 Å². The van der Waals surface area contributed by atoms with Crippen LogP contribution in [0, 0.1) is 11.6 Å². The van der Waals surface area contributed by atoms with Gasteiger partial charge in [-0.3, -0.25) is 0 Å². The van der Waals surface area contributed by atoms with Crippen molar-refractivity contribution in [3.63, 3.8) is 0 Å². The second-order valence-electron chi connectivity index (χ2n) is 1.87. The average Bonchev–Trinajstić information content (AvgIpc) is 2.11. The molecule has 1 rings (SSSR count). The van der Waals surface area contributed by atoms with E-state index in [2.05, 4.69) is 4.74 Å². The summed E-state index contributed by atoms with van der Waals surface area (Å²) in [5, 5.41) is 14.0. The van der Waals surface area contributed by atoms with Crippen LogP contribution in [0.5, 0.6) is 5.75 Å². The van der Waals surface area contributed by atoms with Crippen molar-refractivity contribution in [3.05, 3.63) is 29.8 Å². The summed E-state index contributed by atoms with van der Waals surface area (Å²) in [5.41, 5.74) is 0. The lowest BCUT2D eigenvalue weighted by molar-refractivity contribution is 0.372. The molecule has 0 aliphatic heterocycles. The Bertz CT molecular complexity index is 257. The van der Waals surface area contributed by atoms with E-state index in [1.165, 1.54) is 19.2 Å². The minimum Gasteiger partial charge on any atom is -0.494 e. The summed E-state index contributed by atoms with van der Waals surface area (Å²) in [6, 6.07) is 3.79. The Morgan fingerprint density at radius 3 is 2.23 bits per heavy atom. The van der Waals surface area contributed by atoms with E-state index < -0.39 is 11.6 Å². The van der Waals surface area contributed by atoms with Crippen molar-refractivity contribution in [3.8, 4) is 5.75 Å². The molecule has 0 aliphatic carbocycles. The number of rotatable bonds is 1. The maximum atomic E-state index is 12.5. The van der Waals surface area contributed by atoms with Crippen LogP contribution in [0.1, 0.15) is 0 Å². The topological polar surface area (TPSA) is 49.7 Å². The molecule has 0 spiro atoms. The van der Waals surface area contributed by atoms with Crippen LogP contribution in [0.25, 0.3) is 0 Å². The highest BCUT2D eigenvalue weighted by atomic mass is 19.2. The Morgan fingerprint density at radius 1 is 1.31 bits per heavy atom. The van der Waals surface area contributed by atoms with Crippen molar-refractivity contribution in [2.75, 3.05) is 7.11 Å². The van der Waals surface area contributed by atoms with E-state index in [0.717, 1.165) is 6.07 Å². The summed E-state index contributed by atoms with van der Waals surface area (Å²) < 4.78 is 29.3. The summed E-state index contributed by atoms with van der Waals surface area (Å²) in [6.07, 6.45) is 0. The Balaban J connectivity index is 0.000000424. The van der Waals surface area contributed by atoms with Crippen molar-refractivity contribution >= 4 is 7.69 Å².